The van der Waals surface area contributed by atoms with E-state index in [9.17, 15) is 8.78 Å². The van der Waals surface area contributed by atoms with E-state index in [0.29, 0.717) is 0 Å². The molecule has 74 valence electrons. The number of ether oxygens (including phenoxy) is 1. The Morgan fingerprint density at radius 1 is 1.25 bits per heavy atom. The lowest BCUT2D eigenvalue weighted by molar-refractivity contribution is -0.145. The monoisotopic (exact) mass is 180 g/mol. The molecule has 0 aliphatic heterocycles. The molecule has 0 amide bonds. The van der Waals surface area contributed by atoms with Crippen molar-refractivity contribution in [2.45, 2.75) is 40.7 Å². The molecule has 0 radical (unpaired) electrons. The summed E-state index contributed by atoms with van der Waals surface area (Å²) >= 11 is 0. The van der Waals surface area contributed by atoms with Crippen LogP contribution in [0.1, 0.15) is 34.1 Å². The number of hydrogen-bond donors (Lipinski definition) is 0. The zero-order valence-corrected chi connectivity index (χ0v) is 8.23. The van der Waals surface area contributed by atoms with Gasteiger partial charge in [0.1, 0.15) is 0 Å². The average molecular weight is 180 g/mol. The second-order valence-electron chi connectivity index (χ2n) is 4.07. The highest BCUT2D eigenvalue weighted by Crippen LogP contribution is 2.28. The van der Waals surface area contributed by atoms with Gasteiger partial charge >= 0.3 is 6.61 Å². The van der Waals surface area contributed by atoms with Gasteiger partial charge in [-0.2, -0.15) is 8.78 Å². The highest BCUT2D eigenvalue weighted by Gasteiger charge is 2.23. The van der Waals surface area contributed by atoms with Crippen LogP contribution in [0.25, 0.3) is 0 Å². The van der Waals surface area contributed by atoms with Gasteiger partial charge in [0.2, 0.25) is 0 Å². The summed E-state index contributed by atoms with van der Waals surface area (Å²) in [6, 6.07) is 0. The highest BCUT2D eigenvalue weighted by atomic mass is 19.3. The molecule has 0 aromatic carbocycles. The van der Waals surface area contributed by atoms with E-state index in [1.54, 1.807) is 0 Å². The average Bonchev–Trinajstić information content (AvgIpc) is 1.85. The molecule has 12 heavy (non-hydrogen) atoms. The SMILES string of the molecule is CCC(COC(F)F)C(C)(C)C. The van der Waals surface area contributed by atoms with Gasteiger partial charge in [-0.15, -0.1) is 0 Å². The Bertz CT molecular complexity index is 118. The smallest absolute Gasteiger partial charge is 0.323 e. The molecule has 0 N–H and O–H groups in total. The molecule has 0 aromatic heterocycles. The molecule has 0 bridgehead atoms. The molecule has 0 saturated heterocycles. The molecule has 0 heterocycles. The van der Waals surface area contributed by atoms with Crippen LogP contribution in [0.3, 0.4) is 0 Å². The summed E-state index contributed by atoms with van der Waals surface area (Å²) in [5.41, 5.74) is 0.0453. The molecule has 0 fully saturated rings. The number of hydrogen-bond acceptors (Lipinski definition) is 1. The lowest BCUT2D eigenvalue weighted by Gasteiger charge is -2.29. The van der Waals surface area contributed by atoms with Crippen molar-refractivity contribution < 1.29 is 13.5 Å². The maximum atomic E-state index is 11.7. The van der Waals surface area contributed by atoms with Crippen molar-refractivity contribution in [3.05, 3.63) is 0 Å². The minimum atomic E-state index is -2.64. The molecule has 1 atom stereocenters. The Kier molecular flexibility index (Phi) is 4.68. The van der Waals surface area contributed by atoms with Crippen molar-refractivity contribution in [2.75, 3.05) is 6.61 Å². The topological polar surface area (TPSA) is 9.23 Å². The van der Waals surface area contributed by atoms with Crippen molar-refractivity contribution in [3.8, 4) is 0 Å². The Morgan fingerprint density at radius 2 is 1.75 bits per heavy atom. The lowest BCUT2D eigenvalue weighted by Crippen LogP contribution is -2.25. The molecule has 0 rings (SSSR count). The summed E-state index contributed by atoms with van der Waals surface area (Å²) in [6.45, 7) is 5.62. The third-order valence-electron chi connectivity index (χ3n) is 2.14. The molecule has 3 heteroatoms. The minimum absolute atomic E-state index is 0.0453. The highest BCUT2D eigenvalue weighted by molar-refractivity contribution is 4.72. The van der Waals surface area contributed by atoms with Crippen LogP contribution in [-0.4, -0.2) is 13.2 Å². The van der Waals surface area contributed by atoms with Crippen molar-refractivity contribution in [1.29, 1.82) is 0 Å². The fourth-order valence-electron chi connectivity index (χ4n) is 1.17. The van der Waals surface area contributed by atoms with Crippen LogP contribution in [0, 0.1) is 11.3 Å². The molecule has 1 nitrogen and oxygen atoms in total. The summed E-state index contributed by atoms with van der Waals surface area (Å²) in [5.74, 6) is 0.200. The fourth-order valence-corrected chi connectivity index (χ4v) is 1.17. The van der Waals surface area contributed by atoms with E-state index >= 15 is 0 Å². The zero-order valence-electron chi connectivity index (χ0n) is 8.23. The Hall–Kier alpha value is -0.180. The van der Waals surface area contributed by atoms with Crippen molar-refractivity contribution in [3.63, 3.8) is 0 Å². The van der Waals surface area contributed by atoms with Crippen LogP contribution in [0.5, 0.6) is 0 Å². The van der Waals surface area contributed by atoms with Crippen LogP contribution >= 0.6 is 0 Å². The first kappa shape index (κ1) is 11.8. The largest absolute Gasteiger partial charge is 0.345 e. The quantitative estimate of drug-likeness (QED) is 0.645. The summed E-state index contributed by atoms with van der Waals surface area (Å²) < 4.78 is 27.7. The zero-order chi connectivity index (χ0) is 9.78. The summed E-state index contributed by atoms with van der Waals surface area (Å²) in [5, 5.41) is 0. The standard InChI is InChI=1S/C9H18F2O/c1-5-7(9(2,3)4)6-12-8(10)11/h7-8H,5-6H2,1-4H3. The maximum Gasteiger partial charge on any atom is 0.345 e. The molecule has 1 unspecified atom stereocenters. The lowest BCUT2D eigenvalue weighted by atomic mass is 9.80. The van der Waals surface area contributed by atoms with Crippen molar-refractivity contribution >= 4 is 0 Å². The van der Waals surface area contributed by atoms with E-state index < -0.39 is 6.61 Å². The Morgan fingerprint density at radius 3 is 2.00 bits per heavy atom. The third kappa shape index (κ3) is 4.65. The van der Waals surface area contributed by atoms with Gasteiger partial charge in [-0.25, -0.2) is 0 Å². The van der Waals surface area contributed by atoms with E-state index in [1.807, 2.05) is 27.7 Å². The first-order chi connectivity index (χ1) is 5.38. The fraction of sp³-hybridized carbons (Fsp3) is 1.00. The van der Waals surface area contributed by atoms with Crippen molar-refractivity contribution in [2.24, 2.45) is 11.3 Å². The van der Waals surface area contributed by atoms with Crippen molar-refractivity contribution in [1.82, 2.24) is 0 Å². The van der Waals surface area contributed by atoms with E-state index in [1.165, 1.54) is 0 Å². The summed E-state index contributed by atoms with van der Waals surface area (Å²) in [4.78, 5) is 0. The number of rotatable bonds is 4. The predicted molar refractivity (Wildman–Crippen MR) is 45.2 cm³/mol. The van der Waals surface area contributed by atoms with Crippen LogP contribution in [0.15, 0.2) is 0 Å². The third-order valence-corrected chi connectivity index (χ3v) is 2.14. The van der Waals surface area contributed by atoms with Gasteiger partial charge in [0.05, 0.1) is 6.61 Å². The molecule has 0 aromatic rings. The molecule has 0 aliphatic carbocycles. The Balaban J connectivity index is 3.84. The summed E-state index contributed by atoms with van der Waals surface area (Å²) in [7, 11) is 0. The van der Waals surface area contributed by atoms with Gasteiger partial charge in [-0.3, -0.25) is 0 Å². The molecular weight excluding hydrogens is 162 g/mol. The van der Waals surface area contributed by atoms with E-state index in [0.717, 1.165) is 6.42 Å². The van der Waals surface area contributed by atoms with Crippen LogP contribution < -0.4 is 0 Å². The van der Waals surface area contributed by atoms with Gasteiger partial charge in [0, 0.05) is 0 Å². The summed E-state index contributed by atoms with van der Waals surface area (Å²) in [6.07, 6.45) is 0.871. The number of halogens is 2. The van der Waals surface area contributed by atoms with Gasteiger partial charge < -0.3 is 4.74 Å². The normalized spacial score (nSPS) is 15.2. The Labute approximate surface area is 73.1 Å². The van der Waals surface area contributed by atoms with Crippen LogP contribution in [0.4, 0.5) is 8.78 Å². The first-order valence-corrected chi connectivity index (χ1v) is 4.27. The van der Waals surface area contributed by atoms with Crippen LogP contribution in [0.2, 0.25) is 0 Å². The van der Waals surface area contributed by atoms with Gasteiger partial charge in [-0.05, 0) is 11.3 Å². The molecule has 0 saturated carbocycles. The maximum absolute atomic E-state index is 11.7. The second kappa shape index (κ2) is 4.75. The van der Waals surface area contributed by atoms with Gasteiger partial charge in [-0.1, -0.05) is 34.1 Å². The van der Waals surface area contributed by atoms with Crippen LogP contribution in [-0.2, 0) is 4.74 Å². The number of alkyl halides is 2. The van der Waals surface area contributed by atoms with E-state index in [2.05, 4.69) is 4.74 Å². The first-order valence-electron chi connectivity index (χ1n) is 4.27. The predicted octanol–water partition coefficient (Wildman–Crippen LogP) is 3.30. The molecular formula is C9H18F2O. The van der Waals surface area contributed by atoms with E-state index in [-0.39, 0.29) is 17.9 Å². The molecule has 0 spiro atoms. The molecule has 0 aliphatic rings. The van der Waals surface area contributed by atoms with E-state index in [4.69, 9.17) is 0 Å². The second-order valence-corrected chi connectivity index (χ2v) is 4.07. The van der Waals surface area contributed by atoms with Gasteiger partial charge in [0.15, 0.2) is 0 Å². The minimum Gasteiger partial charge on any atom is -0.323 e. The van der Waals surface area contributed by atoms with Gasteiger partial charge in [0.25, 0.3) is 0 Å².